The molecule has 32 heavy (non-hydrogen) atoms. The van der Waals surface area contributed by atoms with Gasteiger partial charge in [0, 0.05) is 29.1 Å². The van der Waals surface area contributed by atoms with E-state index in [0.717, 1.165) is 35.5 Å². The third-order valence-corrected chi connectivity index (χ3v) is 6.17. The maximum absolute atomic E-state index is 6.21. The molecular formula is C26H34N4OS. The Hall–Kier alpha value is -2.57. The Morgan fingerprint density at radius 2 is 2.03 bits per heavy atom. The Balaban J connectivity index is 1.96. The number of benzene rings is 1. The summed E-state index contributed by atoms with van der Waals surface area (Å²) in [5.74, 6) is 1.75. The van der Waals surface area contributed by atoms with Crippen molar-refractivity contribution in [3.63, 3.8) is 0 Å². The van der Waals surface area contributed by atoms with Crippen LogP contribution in [-0.4, -0.2) is 29.2 Å². The lowest BCUT2D eigenvalue weighted by Crippen LogP contribution is -2.35. The first-order valence-electron chi connectivity index (χ1n) is 11.2. The monoisotopic (exact) mass is 450 g/mol. The molecule has 2 aromatic rings. The van der Waals surface area contributed by atoms with E-state index in [-0.39, 0.29) is 6.04 Å². The molecule has 1 aromatic carbocycles. The summed E-state index contributed by atoms with van der Waals surface area (Å²) in [4.78, 5) is 10.4. The van der Waals surface area contributed by atoms with E-state index in [9.17, 15) is 0 Å². The second-order valence-corrected chi connectivity index (χ2v) is 9.35. The molecule has 1 aromatic heterocycles. The van der Waals surface area contributed by atoms with Gasteiger partial charge in [0.15, 0.2) is 0 Å². The topological polar surface area (TPSA) is 59.1 Å². The number of nitrogens with one attached hydrogen (secondary N) is 2. The predicted octanol–water partition coefficient (Wildman–Crippen LogP) is 6.23. The van der Waals surface area contributed by atoms with Crippen molar-refractivity contribution in [3.8, 4) is 17.1 Å². The van der Waals surface area contributed by atoms with Crippen molar-refractivity contribution in [1.29, 1.82) is 0 Å². The maximum Gasteiger partial charge on any atom is 0.237 e. The molecule has 2 bridgehead atoms. The van der Waals surface area contributed by atoms with Gasteiger partial charge in [-0.2, -0.15) is 4.98 Å². The molecule has 0 saturated heterocycles. The van der Waals surface area contributed by atoms with Crippen LogP contribution in [0.1, 0.15) is 37.8 Å². The van der Waals surface area contributed by atoms with Crippen molar-refractivity contribution in [2.45, 2.75) is 46.6 Å². The molecule has 0 saturated carbocycles. The first kappa shape index (κ1) is 24.1. The van der Waals surface area contributed by atoms with E-state index in [4.69, 9.17) is 9.72 Å². The van der Waals surface area contributed by atoms with Crippen molar-refractivity contribution in [2.75, 3.05) is 17.9 Å². The summed E-state index contributed by atoms with van der Waals surface area (Å²) in [6.45, 7) is 14.0. The van der Waals surface area contributed by atoms with Gasteiger partial charge >= 0.3 is 0 Å². The van der Waals surface area contributed by atoms with Crippen LogP contribution in [0.25, 0.3) is 11.3 Å². The summed E-state index contributed by atoms with van der Waals surface area (Å²) in [5.41, 5.74) is 4.33. The number of nitrogens with zero attached hydrogens (tertiary/aromatic N) is 2. The predicted molar refractivity (Wildman–Crippen MR) is 137 cm³/mol. The molecule has 170 valence electrons. The number of ether oxygens (including phenoxy) is 1. The average Bonchev–Trinajstić information content (AvgIpc) is 2.76. The summed E-state index contributed by atoms with van der Waals surface area (Å²) in [5, 5.41) is 3.60. The minimum absolute atomic E-state index is 0.247. The first-order valence-corrected chi connectivity index (χ1v) is 12.0. The van der Waals surface area contributed by atoms with E-state index >= 15 is 0 Å². The Labute approximate surface area is 196 Å². The Morgan fingerprint density at radius 1 is 1.25 bits per heavy atom. The van der Waals surface area contributed by atoms with Gasteiger partial charge in [0.1, 0.15) is 6.61 Å². The van der Waals surface area contributed by atoms with E-state index in [1.165, 1.54) is 23.1 Å². The number of aromatic nitrogens is 2. The molecule has 0 radical (unpaired) electrons. The lowest BCUT2D eigenvalue weighted by molar-refractivity contribution is 0.245. The molecule has 0 fully saturated rings. The fourth-order valence-electron chi connectivity index (χ4n) is 3.57. The number of rotatable bonds is 5. The highest BCUT2D eigenvalue weighted by molar-refractivity contribution is 8.04. The zero-order valence-electron chi connectivity index (χ0n) is 19.5. The number of allylic oxidation sites excluding steroid dienone is 3. The Bertz CT molecular complexity index is 964. The van der Waals surface area contributed by atoms with Crippen LogP contribution in [-0.2, 0) is 0 Å². The minimum atomic E-state index is 0.247. The molecule has 0 spiro atoms. The number of aryl methyl sites for hydroxylation is 2. The van der Waals surface area contributed by atoms with Gasteiger partial charge in [-0.05, 0) is 61.8 Å². The Morgan fingerprint density at radius 3 is 2.75 bits per heavy atom. The average molecular weight is 451 g/mol. The molecule has 1 unspecified atom stereocenters. The largest absolute Gasteiger partial charge is 0.476 e. The lowest BCUT2D eigenvalue weighted by atomic mass is 10.00. The van der Waals surface area contributed by atoms with Gasteiger partial charge in [-0.3, -0.25) is 4.72 Å². The molecule has 5 nitrogen and oxygen atoms in total. The van der Waals surface area contributed by atoms with E-state index in [1.54, 1.807) is 0 Å². The fourth-order valence-corrected chi connectivity index (χ4v) is 4.10. The summed E-state index contributed by atoms with van der Waals surface area (Å²) in [6.07, 6.45) is 10.2. The van der Waals surface area contributed by atoms with Gasteiger partial charge in [0.05, 0.1) is 5.69 Å². The normalized spacial score (nSPS) is 19.8. The van der Waals surface area contributed by atoms with Gasteiger partial charge in [-0.1, -0.05) is 56.9 Å². The Kier molecular flexibility index (Phi) is 8.94. The highest BCUT2D eigenvalue weighted by atomic mass is 32.2. The summed E-state index contributed by atoms with van der Waals surface area (Å²) in [6, 6.07) is 8.48. The first-order chi connectivity index (χ1) is 15.5. The van der Waals surface area contributed by atoms with Crippen LogP contribution in [0.5, 0.6) is 5.88 Å². The van der Waals surface area contributed by atoms with E-state index in [1.807, 2.05) is 24.3 Å². The quantitative estimate of drug-likeness (QED) is 0.526. The minimum Gasteiger partial charge on any atom is -0.476 e. The molecular weight excluding hydrogens is 416 g/mol. The van der Waals surface area contributed by atoms with Crippen LogP contribution >= 0.6 is 11.9 Å². The van der Waals surface area contributed by atoms with Crippen LogP contribution in [0.3, 0.4) is 0 Å². The van der Waals surface area contributed by atoms with Crippen LogP contribution in [0, 0.1) is 19.8 Å². The standard InChI is InChI=1S/C26H34N4OS/c1-6-22-12-7-8-15-27-21(14-13-18(2)3)17-31-24-16-23(28-26(29-24)30-32-22)25-19(4)10-9-11-20(25)5/h6-12,16,18,21,27H,1,13-15,17H2,2-5H3,(H,28,29,30)/b8-7-,22-12+. The molecule has 1 aliphatic heterocycles. The SMILES string of the molecule is C=C/C1=C\C=C/CNC(CCC(C)C)COc2cc(-c3c(C)cccc3C)nc(n2)NS1. The van der Waals surface area contributed by atoms with Crippen LogP contribution in [0.15, 0.2) is 60.1 Å². The third-order valence-electron chi connectivity index (χ3n) is 5.35. The van der Waals surface area contributed by atoms with Gasteiger partial charge in [0.25, 0.3) is 0 Å². The number of hydrogen-bond acceptors (Lipinski definition) is 6. The number of anilines is 1. The van der Waals surface area contributed by atoms with Gasteiger partial charge in [-0.15, -0.1) is 0 Å². The highest BCUT2D eigenvalue weighted by Crippen LogP contribution is 2.30. The number of hydrogen-bond donors (Lipinski definition) is 2. The van der Waals surface area contributed by atoms with Gasteiger partial charge < -0.3 is 10.1 Å². The maximum atomic E-state index is 6.21. The smallest absolute Gasteiger partial charge is 0.237 e. The lowest BCUT2D eigenvalue weighted by Gasteiger charge is -2.20. The fraction of sp³-hybridized carbons (Fsp3) is 0.385. The molecule has 1 atom stereocenters. The second-order valence-electron chi connectivity index (χ2n) is 8.47. The van der Waals surface area contributed by atoms with E-state index < -0.39 is 0 Å². The molecule has 1 aliphatic rings. The molecule has 0 aliphatic carbocycles. The van der Waals surface area contributed by atoms with E-state index in [2.05, 4.69) is 73.6 Å². The highest BCUT2D eigenvalue weighted by Gasteiger charge is 2.15. The van der Waals surface area contributed by atoms with Gasteiger partial charge in [0.2, 0.25) is 11.8 Å². The molecule has 6 heteroatoms. The third kappa shape index (κ3) is 6.97. The number of fused-ring (bicyclic) bond motifs is 2. The van der Waals surface area contributed by atoms with Crippen molar-refractivity contribution in [1.82, 2.24) is 15.3 Å². The zero-order valence-corrected chi connectivity index (χ0v) is 20.3. The van der Waals surface area contributed by atoms with Gasteiger partial charge in [-0.25, -0.2) is 4.98 Å². The molecule has 0 amide bonds. The van der Waals surface area contributed by atoms with Crippen molar-refractivity contribution in [2.24, 2.45) is 5.92 Å². The zero-order chi connectivity index (χ0) is 22.9. The van der Waals surface area contributed by atoms with Crippen LogP contribution < -0.4 is 14.8 Å². The molecule has 2 heterocycles. The second kappa shape index (κ2) is 11.9. The summed E-state index contributed by atoms with van der Waals surface area (Å²) >= 11 is 1.43. The van der Waals surface area contributed by atoms with Crippen LogP contribution in [0.4, 0.5) is 5.95 Å². The van der Waals surface area contributed by atoms with E-state index in [0.29, 0.717) is 24.4 Å². The molecule has 2 N–H and O–H groups in total. The van der Waals surface area contributed by atoms with Crippen molar-refractivity contribution < 1.29 is 4.74 Å². The summed E-state index contributed by atoms with van der Waals surface area (Å²) in [7, 11) is 0. The molecule has 3 rings (SSSR count). The van der Waals surface area contributed by atoms with Crippen LogP contribution in [0.2, 0.25) is 0 Å². The van der Waals surface area contributed by atoms with Crippen molar-refractivity contribution >= 4 is 17.9 Å². The van der Waals surface area contributed by atoms with Crippen molar-refractivity contribution in [3.05, 3.63) is 71.2 Å². The summed E-state index contributed by atoms with van der Waals surface area (Å²) < 4.78 is 9.47.